The molecule has 2 aromatic carbocycles. The van der Waals surface area contributed by atoms with Gasteiger partial charge in [0.2, 0.25) is 0 Å². The van der Waals surface area contributed by atoms with E-state index in [9.17, 15) is 4.79 Å². The summed E-state index contributed by atoms with van der Waals surface area (Å²) in [5.74, 6) is 0.869. The summed E-state index contributed by atoms with van der Waals surface area (Å²) < 4.78 is 11.0. The van der Waals surface area contributed by atoms with E-state index >= 15 is 0 Å². The van der Waals surface area contributed by atoms with Crippen LogP contribution >= 0.6 is 0 Å². The second kappa shape index (κ2) is 8.21. The molecule has 0 aliphatic carbocycles. The molecular weight excluding hydrogens is 316 g/mol. The maximum Gasteiger partial charge on any atom is 0.407 e. The minimum Gasteiger partial charge on any atom is -0.492 e. The highest BCUT2D eigenvalue weighted by Crippen LogP contribution is 2.22. The molecule has 25 heavy (non-hydrogen) atoms. The number of amides is 1. The molecule has 1 amide bonds. The fourth-order valence-electron chi connectivity index (χ4n) is 2.31. The van der Waals surface area contributed by atoms with Crippen LogP contribution in [0, 0.1) is 0 Å². The lowest BCUT2D eigenvalue weighted by Crippen LogP contribution is -2.32. The van der Waals surface area contributed by atoms with Crippen molar-refractivity contribution >= 4 is 16.9 Å². The zero-order chi connectivity index (χ0) is 18.4. The Hall–Kier alpha value is -2.27. The van der Waals surface area contributed by atoms with Crippen LogP contribution in [0.3, 0.4) is 0 Å². The van der Waals surface area contributed by atoms with Crippen LogP contribution in [0.15, 0.2) is 36.4 Å². The van der Waals surface area contributed by atoms with Gasteiger partial charge in [-0.25, -0.2) is 4.79 Å². The second-order valence-corrected chi connectivity index (χ2v) is 7.35. The highest BCUT2D eigenvalue weighted by molar-refractivity contribution is 5.84. The first-order chi connectivity index (χ1) is 11.7. The third-order valence-corrected chi connectivity index (χ3v) is 3.52. The van der Waals surface area contributed by atoms with E-state index in [0.717, 1.165) is 28.6 Å². The van der Waals surface area contributed by atoms with Crippen molar-refractivity contribution in [3.63, 3.8) is 0 Å². The monoisotopic (exact) mass is 344 g/mol. The molecule has 0 bridgehead atoms. The molecule has 5 heteroatoms. The summed E-state index contributed by atoms with van der Waals surface area (Å²) in [5.41, 5.74) is 0.538. The number of likely N-dealkylation sites (N-methyl/N-ethyl adjacent to an activating group) is 1. The topological polar surface area (TPSA) is 50.8 Å². The van der Waals surface area contributed by atoms with E-state index in [4.69, 9.17) is 9.47 Å². The van der Waals surface area contributed by atoms with Gasteiger partial charge in [0.1, 0.15) is 18.0 Å². The van der Waals surface area contributed by atoms with E-state index in [1.54, 1.807) is 0 Å². The van der Waals surface area contributed by atoms with E-state index < -0.39 is 11.7 Å². The summed E-state index contributed by atoms with van der Waals surface area (Å²) in [7, 11) is 4.05. The van der Waals surface area contributed by atoms with Crippen molar-refractivity contribution in [2.75, 3.05) is 27.2 Å². The molecule has 0 radical (unpaired) electrons. The van der Waals surface area contributed by atoms with Gasteiger partial charge in [-0.15, -0.1) is 0 Å². The first-order valence-electron chi connectivity index (χ1n) is 8.50. The molecule has 0 aromatic heterocycles. The SMILES string of the molecule is CN(C)CCOc1ccc2cc(CNC(=O)OC(C)(C)C)ccc2c1. The third-order valence-electron chi connectivity index (χ3n) is 3.52. The van der Waals surface area contributed by atoms with Crippen molar-refractivity contribution < 1.29 is 14.3 Å². The van der Waals surface area contributed by atoms with Crippen LogP contribution in [0.1, 0.15) is 26.3 Å². The Morgan fingerprint density at radius 2 is 1.76 bits per heavy atom. The average molecular weight is 344 g/mol. The van der Waals surface area contributed by atoms with Crippen molar-refractivity contribution in [3.8, 4) is 5.75 Å². The molecule has 0 saturated heterocycles. The van der Waals surface area contributed by atoms with Gasteiger partial charge < -0.3 is 19.7 Å². The van der Waals surface area contributed by atoms with Crippen LogP contribution in [0.2, 0.25) is 0 Å². The van der Waals surface area contributed by atoms with Gasteiger partial charge in [-0.2, -0.15) is 0 Å². The number of hydrogen-bond acceptors (Lipinski definition) is 4. The fraction of sp³-hybridized carbons (Fsp3) is 0.450. The van der Waals surface area contributed by atoms with E-state index in [2.05, 4.69) is 16.3 Å². The predicted octanol–water partition coefficient (Wildman–Crippen LogP) is 3.80. The van der Waals surface area contributed by atoms with Gasteiger partial charge >= 0.3 is 6.09 Å². The van der Waals surface area contributed by atoms with E-state index in [-0.39, 0.29) is 0 Å². The smallest absolute Gasteiger partial charge is 0.407 e. The van der Waals surface area contributed by atoms with E-state index in [1.165, 1.54) is 0 Å². The molecule has 0 heterocycles. The van der Waals surface area contributed by atoms with Crippen LogP contribution < -0.4 is 10.1 Å². The Labute approximate surface area is 149 Å². The molecule has 2 aromatic rings. The Balaban J connectivity index is 1.97. The van der Waals surface area contributed by atoms with Gasteiger partial charge in [-0.1, -0.05) is 18.2 Å². The summed E-state index contributed by atoms with van der Waals surface area (Å²) in [6, 6.07) is 12.2. The number of nitrogens with one attached hydrogen (secondary N) is 1. The molecule has 1 N–H and O–H groups in total. The van der Waals surface area contributed by atoms with Crippen LogP contribution in [-0.4, -0.2) is 43.8 Å². The standard InChI is InChI=1S/C20H28N2O3/c1-20(2,3)25-19(23)21-14-15-6-7-17-13-18(9-8-16(17)12-15)24-11-10-22(4)5/h6-9,12-13H,10-11,14H2,1-5H3,(H,21,23). The predicted molar refractivity (Wildman–Crippen MR) is 101 cm³/mol. The summed E-state index contributed by atoms with van der Waals surface area (Å²) in [6.07, 6.45) is -0.405. The van der Waals surface area contributed by atoms with E-state index in [1.807, 2.05) is 65.2 Å². The number of rotatable bonds is 6. The van der Waals surface area contributed by atoms with Gasteiger partial charge in [0.25, 0.3) is 0 Å². The zero-order valence-electron chi connectivity index (χ0n) is 15.8. The van der Waals surface area contributed by atoms with Crippen molar-refractivity contribution in [1.82, 2.24) is 10.2 Å². The third kappa shape index (κ3) is 6.63. The molecule has 0 aliphatic rings. The quantitative estimate of drug-likeness (QED) is 0.866. The largest absolute Gasteiger partial charge is 0.492 e. The van der Waals surface area contributed by atoms with Gasteiger partial charge in [0, 0.05) is 13.1 Å². The molecular formula is C20H28N2O3. The molecule has 136 valence electrons. The van der Waals surface area contributed by atoms with Gasteiger partial charge in [0.05, 0.1) is 0 Å². The van der Waals surface area contributed by atoms with Crippen molar-refractivity contribution in [2.45, 2.75) is 32.9 Å². The van der Waals surface area contributed by atoms with Gasteiger partial charge in [-0.05, 0) is 69.4 Å². The highest BCUT2D eigenvalue weighted by atomic mass is 16.6. The molecule has 5 nitrogen and oxygen atoms in total. The number of carbonyl (C=O) groups excluding carboxylic acids is 1. The number of nitrogens with zero attached hydrogens (tertiary/aromatic N) is 1. The summed E-state index contributed by atoms with van der Waals surface area (Å²) in [5, 5.41) is 5.01. The number of alkyl carbamates (subject to hydrolysis) is 1. The normalized spacial score (nSPS) is 11.6. The minimum absolute atomic E-state index is 0.405. The number of carbonyl (C=O) groups is 1. The van der Waals surface area contributed by atoms with Crippen LogP contribution in [0.25, 0.3) is 10.8 Å². The summed E-state index contributed by atoms with van der Waals surface area (Å²) >= 11 is 0. The summed E-state index contributed by atoms with van der Waals surface area (Å²) in [4.78, 5) is 13.8. The minimum atomic E-state index is -0.490. The van der Waals surface area contributed by atoms with Crippen LogP contribution in [0.4, 0.5) is 4.79 Å². The van der Waals surface area contributed by atoms with Gasteiger partial charge in [-0.3, -0.25) is 0 Å². The number of benzene rings is 2. The number of ether oxygens (including phenoxy) is 2. The van der Waals surface area contributed by atoms with Crippen molar-refractivity contribution in [1.29, 1.82) is 0 Å². The Kier molecular flexibility index (Phi) is 6.26. The molecule has 0 unspecified atom stereocenters. The maximum atomic E-state index is 11.7. The average Bonchev–Trinajstić information content (AvgIpc) is 2.51. The van der Waals surface area contributed by atoms with Crippen molar-refractivity contribution in [2.24, 2.45) is 0 Å². The Morgan fingerprint density at radius 1 is 1.08 bits per heavy atom. The number of hydrogen-bond donors (Lipinski definition) is 1. The Morgan fingerprint density at radius 3 is 2.44 bits per heavy atom. The van der Waals surface area contributed by atoms with Gasteiger partial charge in [0.15, 0.2) is 0 Å². The molecule has 0 spiro atoms. The first-order valence-corrected chi connectivity index (χ1v) is 8.50. The molecule has 0 aliphatic heterocycles. The molecule has 0 fully saturated rings. The maximum absolute atomic E-state index is 11.7. The lowest BCUT2D eigenvalue weighted by molar-refractivity contribution is 0.0523. The summed E-state index contributed by atoms with van der Waals surface area (Å²) in [6.45, 7) is 7.53. The van der Waals surface area contributed by atoms with Crippen LogP contribution in [-0.2, 0) is 11.3 Å². The zero-order valence-corrected chi connectivity index (χ0v) is 15.8. The Bertz CT molecular complexity index is 720. The first kappa shape index (κ1) is 19.1. The number of fused-ring (bicyclic) bond motifs is 1. The lowest BCUT2D eigenvalue weighted by Gasteiger charge is -2.19. The van der Waals surface area contributed by atoms with E-state index in [0.29, 0.717) is 13.2 Å². The molecule has 0 saturated carbocycles. The lowest BCUT2D eigenvalue weighted by atomic mass is 10.1. The molecule has 0 atom stereocenters. The fourth-order valence-corrected chi connectivity index (χ4v) is 2.31. The van der Waals surface area contributed by atoms with Crippen molar-refractivity contribution in [3.05, 3.63) is 42.0 Å². The van der Waals surface area contributed by atoms with Crippen LogP contribution in [0.5, 0.6) is 5.75 Å². The highest BCUT2D eigenvalue weighted by Gasteiger charge is 2.15. The second-order valence-electron chi connectivity index (χ2n) is 7.35. The molecule has 2 rings (SSSR count).